The minimum Gasteiger partial charge on any atom is -0.482 e. The fourth-order valence-electron chi connectivity index (χ4n) is 5.67. The zero-order valence-electron chi connectivity index (χ0n) is 22.8. The SMILES string of the molecule is Cc1cc(C2CC[C@@H]2Cc2nc(-c3ccc(C(F)(F)F)cc3)c(-c3ccc4ccccc4c3)s2)ccc1OCC(=O)O. The van der Waals surface area contributed by atoms with E-state index in [-0.39, 0.29) is 6.61 Å². The standard InChI is InChI=1S/C34H28F3NO3S/c1-20-16-24(11-15-29(20)41-19-31(39)40)28-14-10-25(28)18-30-38-32(22-8-12-27(13-9-22)34(35,36)37)33(42-30)26-7-6-21-4-2-3-5-23(21)17-26/h2-9,11-13,15-17,25,28H,10,14,18-19H2,1H3,(H,39,40)/t25-,28?/m1/s1. The predicted octanol–water partition coefficient (Wildman–Crippen LogP) is 9.16. The van der Waals surface area contributed by atoms with Crippen LogP contribution >= 0.6 is 11.3 Å². The highest BCUT2D eigenvalue weighted by molar-refractivity contribution is 7.15. The third-order valence-corrected chi connectivity index (χ3v) is 9.13. The molecule has 1 heterocycles. The summed E-state index contributed by atoms with van der Waals surface area (Å²) in [5.74, 6) is 0.281. The number of thiazole rings is 1. The quantitative estimate of drug-likeness (QED) is 0.197. The highest BCUT2D eigenvalue weighted by atomic mass is 32.1. The van der Waals surface area contributed by atoms with E-state index in [4.69, 9.17) is 14.8 Å². The van der Waals surface area contributed by atoms with Crippen molar-refractivity contribution in [3.63, 3.8) is 0 Å². The van der Waals surface area contributed by atoms with Crippen LogP contribution in [0.2, 0.25) is 0 Å². The van der Waals surface area contributed by atoms with Crippen molar-refractivity contribution in [2.45, 2.75) is 38.3 Å². The summed E-state index contributed by atoms with van der Waals surface area (Å²) in [4.78, 5) is 16.8. The summed E-state index contributed by atoms with van der Waals surface area (Å²) in [5.41, 5.74) is 3.76. The van der Waals surface area contributed by atoms with Crippen molar-refractivity contribution in [3.05, 3.63) is 107 Å². The Hall–Kier alpha value is -4.17. The number of aryl methyl sites for hydroxylation is 1. The summed E-state index contributed by atoms with van der Waals surface area (Å²) >= 11 is 1.61. The lowest BCUT2D eigenvalue weighted by Crippen LogP contribution is -2.25. The van der Waals surface area contributed by atoms with E-state index in [1.165, 1.54) is 17.7 Å². The molecule has 42 heavy (non-hydrogen) atoms. The van der Waals surface area contributed by atoms with Crippen LogP contribution in [0.3, 0.4) is 0 Å². The zero-order chi connectivity index (χ0) is 29.4. The van der Waals surface area contributed by atoms with Crippen LogP contribution in [0.5, 0.6) is 5.75 Å². The maximum Gasteiger partial charge on any atom is 0.416 e. The van der Waals surface area contributed by atoms with Crippen LogP contribution in [0.15, 0.2) is 84.9 Å². The number of fused-ring (bicyclic) bond motifs is 1. The summed E-state index contributed by atoms with van der Waals surface area (Å²) in [6, 6.07) is 25.5. The first-order valence-corrected chi connectivity index (χ1v) is 14.6. The maximum atomic E-state index is 13.3. The van der Waals surface area contributed by atoms with Crippen molar-refractivity contribution in [2.75, 3.05) is 6.61 Å². The fourth-order valence-corrected chi connectivity index (χ4v) is 6.85. The van der Waals surface area contributed by atoms with Gasteiger partial charge in [0.05, 0.1) is 21.1 Å². The molecule has 1 saturated carbocycles. The van der Waals surface area contributed by atoms with Crippen LogP contribution in [-0.4, -0.2) is 22.7 Å². The Kier molecular flexibility index (Phi) is 7.49. The van der Waals surface area contributed by atoms with Gasteiger partial charge in [-0.15, -0.1) is 11.3 Å². The third kappa shape index (κ3) is 5.77. The van der Waals surface area contributed by atoms with Gasteiger partial charge in [0, 0.05) is 12.0 Å². The molecule has 0 saturated heterocycles. The Morgan fingerprint density at radius 1 is 0.952 bits per heavy atom. The van der Waals surface area contributed by atoms with Crippen molar-refractivity contribution in [1.29, 1.82) is 0 Å². The smallest absolute Gasteiger partial charge is 0.416 e. The monoisotopic (exact) mass is 587 g/mol. The summed E-state index contributed by atoms with van der Waals surface area (Å²) in [6.45, 7) is 1.54. The highest BCUT2D eigenvalue weighted by Gasteiger charge is 2.34. The van der Waals surface area contributed by atoms with Crippen molar-refractivity contribution in [3.8, 4) is 27.4 Å². The van der Waals surface area contributed by atoms with Crippen molar-refractivity contribution < 1.29 is 27.8 Å². The molecule has 0 amide bonds. The highest BCUT2D eigenvalue weighted by Crippen LogP contribution is 2.47. The van der Waals surface area contributed by atoms with E-state index >= 15 is 0 Å². The molecule has 4 aromatic carbocycles. The van der Waals surface area contributed by atoms with Gasteiger partial charge in [0.25, 0.3) is 0 Å². The summed E-state index contributed by atoms with van der Waals surface area (Å²) < 4.78 is 45.2. The van der Waals surface area contributed by atoms with Crippen LogP contribution in [0.4, 0.5) is 13.2 Å². The second-order valence-corrected chi connectivity index (χ2v) is 11.9. The van der Waals surface area contributed by atoms with E-state index < -0.39 is 17.7 Å². The van der Waals surface area contributed by atoms with E-state index in [0.717, 1.165) is 63.2 Å². The molecule has 6 rings (SSSR count). The number of carboxylic acid groups (broad SMARTS) is 1. The van der Waals surface area contributed by atoms with E-state index in [1.807, 2.05) is 31.2 Å². The van der Waals surface area contributed by atoms with Crippen LogP contribution < -0.4 is 4.74 Å². The van der Waals surface area contributed by atoms with Gasteiger partial charge in [-0.05, 0) is 83.3 Å². The predicted molar refractivity (Wildman–Crippen MR) is 159 cm³/mol. The van der Waals surface area contributed by atoms with Gasteiger partial charge < -0.3 is 9.84 Å². The summed E-state index contributed by atoms with van der Waals surface area (Å²) in [5, 5.41) is 12.1. The van der Waals surface area contributed by atoms with Gasteiger partial charge in [-0.2, -0.15) is 13.2 Å². The van der Waals surface area contributed by atoms with Crippen molar-refractivity contribution in [1.82, 2.24) is 4.98 Å². The number of aromatic nitrogens is 1. The second kappa shape index (κ2) is 11.2. The number of hydrogen-bond acceptors (Lipinski definition) is 4. The molecule has 2 atom stereocenters. The van der Waals surface area contributed by atoms with Gasteiger partial charge >= 0.3 is 12.1 Å². The zero-order valence-corrected chi connectivity index (χ0v) is 23.6. The number of carboxylic acids is 1. The largest absolute Gasteiger partial charge is 0.482 e. The molecular weight excluding hydrogens is 559 g/mol. The molecule has 1 unspecified atom stereocenters. The molecule has 1 aliphatic carbocycles. The third-order valence-electron chi connectivity index (χ3n) is 8.00. The fraction of sp³-hybridized carbons (Fsp3) is 0.235. The topological polar surface area (TPSA) is 59.4 Å². The van der Waals surface area contributed by atoms with Crippen LogP contribution in [0, 0.1) is 12.8 Å². The average Bonchev–Trinajstić information content (AvgIpc) is 3.38. The molecule has 0 bridgehead atoms. The lowest BCUT2D eigenvalue weighted by Gasteiger charge is -2.37. The number of aliphatic carboxylic acids is 1. The minimum absolute atomic E-state index is 0.347. The lowest BCUT2D eigenvalue weighted by atomic mass is 9.68. The van der Waals surface area contributed by atoms with E-state index in [0.29, 0.717) is 28.8 Å². The minimum atomic E-state index is -4.40. The summed E-state index contributed by atoms with van der Waals surface area (Å²) in [6.07, 6.45) is -1.52. The molecule has 1 N–H and O–H groups in total. The molecule has 0 radical (unpaired) electrons. The van der Waals surface area contributed by atoms with Gasteiger partial charge in [-0.3, -0.25) is 0 Å². The number of hydrogen-bond donors (Lipinski definition) is 1. The number of ether oxygens (including phenoxy) is 1. The number of halogens is 3. The van der Waals surface area contributed by atoms with Gasteiger partial charge in [0.15, 0.2) is 6.61 Å². The molecule has 8 heteroatoms. The number of nitrogens with zero attached hydrogens (tertiary/aromatic N) is 1. The van der Waals surface area contributed by atoms with Gasteiger partial charge in [0.2, 0.25) is 0 Å². The first-order valence-electron chi connectivity index (χ1n) is 13.8. The Morgan fingerprint density at radius 3 is 2.36 bits per heavy atom. The Bertz CT molecular complexity index is 1760. The Morgan fingerprint density at radius 2 is 1.69 bits per heavy atom. The molecule has 1 fully saturated rings. The van der Waals surface area contributed by atoms with Crippen LogP contribution in [0.1, 0.15) is 40.5 Å². The lowest BCUT2D eigenvalue weighted by molar-refractivity contribution is -0.139. The van der Waals surface area contributed by atoms with Gasteiger partial charge in [-0.25, -0.2) is 9.78 Å². The molecule has 1 aromatic heterocycles. The molecule has 214 valence electrons. The first-order chi connectivity index (χ1) is 20.2. The van der Waals surface area contributed by atoms with E-state index in [9.17, 15) is 18.0 Å². The number of rotatable bonds is 8. The van der Waals surface area contributed by atoms with Gasteiger partial charge in [-0.1, -0.05) is 60.7 Å². The number of carbonyl (C=O) groups is 1. The average molecular weight is 588 g/mol. The molecule has 4 nitrogen and oxygen atoms in total. The van der Waals surface area contributed by atoms with Gasteiger partial charge in [0.1, 0.15) is 5.75 Å². The number of alkyl halides is 3. The molecule has 1 aliphatic rings. The summed E-state index contributed by atoms with van der Waals surface area (Å²) in [7, 11) is 0. The Balaban J connectivity index is 1.30. The van der Waals surface area contributed by atoms with Crippen LogP contribution in [0.25, 0.3) is 32.5 Å². The Labute approximate surface area is 245 Å². The van der Waals surface area contributed by atoms with Crippen molar-refractivity contribution >= 4 is 28.1 Å². The van der Waals surface area contributed by atoms with Crippen LogP contribution in [-0.2, 0) is 17.4 Å². The van der Waals surface area contributed by atoms with E-state index in [1.54, 1.807) is 11.3 Å². The molecule has 0 spiro atoms. The molecular formula is C34H28F3NO3S. The number of benzene rings is 4. The normalized spacial score (nSPS) is 16.8. The van der Waals surface area contributed by atoms with E-state index in [2.05, 4.69) is 36.4 Å². The van der Waals surface area contributed by atoms with Crippen molar-refractivity contribution in [2.24, 2.45) is 5.92 Å². The maximum absolute atomic E-state index is 13.3. The first kappa shape index (κ1) is 28.0. The second-order valence-electron chi connectivity index (χ2n) is 10.8. The molecule has 5 aromatic rings. The molecule has 0 aliphatic heterocycles.